The second kappa shape index (κ2) is 6.36. The number of alkyl halides is 3. The predicted molar refractivity (Wildman–Crippen MR) is 81.8 cm³/mol. The van der Waals surface area contributed by atoms with Gasteiger partial charge in [-0.3, -0.25) is 4.79 Å². The van der Waals surface area contributed by atoms with Crippen molar-refractivity contribution in [3.63, 3.8) is 0 Å². The van der Waals surface area contributed by atoms with Crippen molar-refractivity contribution in [3.8, 4) is 0 Å². The van der Waals surface area contributed by atoms with Gasteiger partial charge in [-0.25, -0.2) is 0 Å². The number of hydrogen-bond acceptors (Lipinski definition) is 2. The van der Waals surface area contributed by atoms with Crippen LogP contribution in [0.2, 0.25) is 0 Å². The number of halogens is 5. The van der Waals surface area contributed by atoms with Gasteiger partial charge in [-0.2, -0.15) is 13.2 Å². The van der Waals surface area contributed by atoms with E-state index < -0.39 is 17.7 Å². The quantitative estimate of drug-likeness (QED) is 0.672. The standard InChI is InChI=1S/C16H15Cl2F3O2/c1-15(2)11(7-12(17)18)13(15)14(22)23-8-9-3-5-10(6-4-9)16(19,20)21/h3-7,11,13H,8H2,1-2H3. The van der Waals surface area contributed by atoms with Gasteiger partial charge in [0.25, 0.3) is 0 Å². The normalized spacial score (nSPS) is 22.4. The lowest BCUT2D eigenvalue weighted by atomic mass is 10.1. The van der Waals surface area contributed by atoms with Crippen LogP contribution in [0, 0.1) is 17.3 Å². The van der Waals surface area contributed by atoms with Crippen molar-refractivity contribution in [3.05, 3.63) is 46.0 Å². The van der Waals surface area contributed by atoms with Crippen LogP contribution in [0.25, 0.3) is 0 Å². The molecular weight excluding hydrogens is 352 g/mol. The molecule has 1 aromatic carbocycles. The fourth-order valence-electron chi connectivity index (χ4n) is 2.61. The number of carbonyl (C=O) groups is 1. The van der Waals surface area contributed by atoms with Crippen molar-refractivity contribution < 1.29 is 22.7 Å². The van der Waals surface area contributed by atoms with Crippen molar-refractivity contribution in [1.29, 1.82) is 0 Å². The van der Waals surface area contributed by atoms with E-state index in [1.165, 1.54) is 12.1 Å². The van der Waals surface area contributed by atoms with Gasteiger partial charge in [0.15, 0.2) is 0 Å². The van der Waals surface area contributed by atoms with Crippen molar-refractivity contribution in [2.75, 3.05) is 0 Å². The third kappa shape index (κ3) is 4.21. The summed E-state index contributed by atoms with van der Waals surface area (Å²) in [6, 6.07) is 4.51. The Morgan fingerprint density at radius 2 is 1.83 bits per heavy atom. The van der Waals surface area contributed by atoms with E-state index in [1.807, 2.05) is 13.8 Å². The maximum Gasteiger partial charge on any atom is 0.416 e. The first-order chi connectivity index (χ1) is 10.5. The van der Waals surface area contributed by atoms with Gasteiger partial charge >= 0.3 is 12.1 Å². The Kier molecular flexibility index (Phi) is 5.02. The highest BCUT2D eigenvalue weighted by molar-refractivity contribution is 6.55. The fourth-order valence-corrected chi connectivity index (χ4v) is 2.88. The van der Waals surface area contributed by atoms with E-state index in [1.54, 1.807) is 6.08 Å². The van der Waals surface area contributed by atoms with E-state index in [0.29, 0.717) is 5.56 Å². The van der Waals surface area contributed by atoms with Gasteiger partial charge in [-0.1, -0.05) is 49.2 Å². The zero-order chi connectivity index (χ0) is 17.4. The molecule has 0 radical (unpaired) electrons. The third-order valence-corrected chi connectivity index (χ3v) is 4.38. The fraction of sp³-hybridized carbons (Fsp3) is 0.438. The van der Waals surface area contributed by atoms with Gasteiger partial charge in [-0.05, 0) is 35.1 Å². The van der Waals surface area contributed by atoms with Crippen LogP contribution < -0.4 is 0 Å². The second-order valence-electron chi connectivity index (χ2n) is 6.08. The smallest absolute Gasteiger partial charge is 0.416 e. The molecule has 0 spiro atoms. The molecule has 0 aromatic heterocycles. The molecule has 0 bridgehead atoms. The summed E-state index contributed by atoms with van der Waals surface area (Å²) in [5, 5.41) is 0. The molecule has 2 rings (SSSR count). The lowest BCUT2D eigenvalue weighted by molar-refractivity contribution is -0.147. The molecule has 1 aliphatic rings. The minimum Gasteiger partial charge on any atom is -0.461 e. The summed E-state index contributed by atoms with van der Waals surface area (Å²) in [4.78, 5) is 12.1. The largest absolute Gasteiger partial charge is 0.461 e. The summed E-state index contributed by atoms with van der Waals surface area (Å²) in [5.41, 5.74) is -0.545. The molecule has 23 heavy (non-hydrogen) atoms. The minimum absolute atomic E-state index is 0.0748. The van der Waals surface area contributed by atoms with Gasteiger partial charge in [0, 0.05) is 0 Å². The van der Waals surface area contributed by atoms with Gasteiger partial charge in [0.2, 0.25) is 0 Å². The number of allylic oxidation sites excluding steroid dienone is 1. The molecule has 2 atom stereocenters. The average molecular weight is 367 g/mol. The van der Waals surface area contributed by atoms with E-state index in [-0.39, 0.29) is 28.3 Å². The molecule has 126 valence electrons. The van der Waals surface area contributed by atoms with Crippen molar-refractivity contribution in [1.82, 2.24) is 0 Å². The average Bonchev–Trinajstić information content (AvgIpc) is 2.96. The van der Waals surface area contributed by atoms with Crippen LogP contribution in [-0.2, 0) is 22.3 Å². The highest BCUT2D eigenvalue weighted by Gasteiger charge is 2.61. The zero-order valence-corrected chi connectivity index (χ0v) is 14.0. The minimum atomic E-state index is -4.38. The van der Waals surface area contributed by atoms with Crippen molar-refractivity contribution in [2.45, 2.75) is 26.6 Å². The topological polar surface area (TPSA) is 26.3 Å². The first-order valence-corrected chi connectivity index (χ1v) is 7.64. The Hall–Kier alpha value is -1.20. The molecule has 2 unspecified atom stereocenters. The Bertz CT molecular complexity index is 617. The number of rotatable bonds is 4. The number of ether oxygens (including phenoxy) is 1. The summed E-state index contributed by atoms with van der Waals surface area (Å²) in [6.45, 7) is 3.72. The van der Waals surface area contributed by atoms with Crippen LogP contribution in [0.5, 0.6) is 0 Å². The van der Waals surface area contributed by atoms with Gasteiger partial charge in [0.1, 0.15) is 11.1 Å². The monoisotopic (exact) mass is 366 g/mol. The van der Waals surface area contributed by atoms with Crippen LogP contribution in [0.1, 0.15) is 25.0 Å². The summed E-state index contributed by atoms with van der Waals surface area (Å²) in [6.07, 6.45) is -2.78. The summed E-state index contributed by atoms with van der Waals surface area (Å²) >= 11 is 11.2. The third-order valence-electron chi connectivity index (χ3n) is 4.13. The molecule has 0 heterocycles. The predicted octanol–water partition coefficient (Wildman–Crippen LogP) is 5.34. The Balaban J connectivity index is 1.94. The maximum atomic E-state index is 12.5. The van der Waals surface area contributed by atoms with Crippen LogP contribution in [0.4, 0.5) is 13.2 Å². The summed E-state index contributed by atoms with van der Waals surface area (Å²) in [5.74, 6) is -0.872. The number of benzene rings is 1. The first-order valence-electron chi connectivity index (χ1n) is 6.89. The molecular formula is C16H15Cl2F3O2. The van der Waals surface area contributed by atoms with E-state index >= 15 is 0 Å². The number of esters is 1. The van der Waals surface area contributed by atoms with Crippen LogP contribution in [0.3, 0.4) is 0 Å². The SMILES string of the molecule is CC1(C)C(C=C(Cl)Cl)C1C(=O)OCc1ccc(C(F)(F)F)cc1. The Morgan fingerprint density at radius 3 is 2.30 bits per heavy atom. The molecule has 1 saturated carbocycles. The summed E-state index contributed by atoms with van der Waals surface area (Å²) < 4.78 is 42.7. The molecule has 0 N–H and O–H groups in total. The van der Waals surface area contributed by atoms with Crippen LogP contribution in [0.15, 0.2) is 34.8 Å². The Labute approximate surface area is 142 Å². The zero-order valence-electron chi connectivity index (χ0n) is 12.5. The molecule has 1 fully saturated rings. The lowest BCUT2D eigenvalue weighted by Crippen LogP contribution is -2.11. The van der Waals surface area contributed by atoms with Crippen molar-refractivity contribution >= 4 is 29.2 Å². The molecule has 1 aliphatic carbocycles. The lowest BCUT2D eigenvalue weighted by Gasteiger charge is -2.08. The molecule has 0 saturated heterocycles. The maximum absolute atomic E-state index is 12.5. The number of hydrogen-bond donors (Lipinski definition) is 0. The van der Waals surface area contributed by atoms with Crippen molar-refractivity contribution in [2.24, 2.45) is 17.3 Å². The second-order valence-corrected chi connectivity index (χ2v) is 7.09. The summed E-state index contributed by atoms with van der Waals surface area (Å²) in [7, 11) is 0. The van der Waals surface area contributed by atoms with Gasteiger partial charge in [-0.15, -0.1) is 0 Å². The van der Waals surface area contributed by atoms with E-state index in [0.717, 1.165) is 12.1 Å². The highest BCUT2D eigenvalue weighted by atomic mass is 35.5. The molecule has 1 aromatic rings. The van der Waals surface area contributed by atoms with Gasteiger partial charge < -0.3 is 4.74 Å². The van der Waals surface area contributed by atoms with Crippen LogP contribution >= 0.6 is 23.2 Å². The van der Waals surface area contributed by atoms with Crippen LogP contribution in [-0.4, -0.2) is 5.97 Å². The Morgan fingerprint density at radius 1 is 1.26 bits per heavy atom. The van der Waals surface area contributed by atoms with Gasteiger partial charge in [0.05, 0.1) is 11.5 Å². The molecule has 0 amide bonds. The van der Waals surface area contributed by atoms with E-state index in [9.17, 15) is 18.0 Å². The molecule has 7 heteroatoms. The van der Waals surface area contributed by atoms with E-state index in [2.05, 4.69) is 0 Å². The highest BCUT2D eigenvalue weighted by Crippen LogP contribution is 2.60. The number of carbonyl (C=O) groups excluding carboxylic acids is 1. The van der Waals surface area contributed by atoms with E-state index in [4.69, 9.17) is 27.9 Å². The molecule has 0 aliphatic heterocycles. The first kappa shape index (κ1) is 18.1. The molecule has 2 nitrogen and oxygen atoms in total.